The van der Waals surface area contributed by atoms with E-state index in [9.17, 15) is 9.59 Å². The number of rotatable bonds is 11. The molecule has 3 N–H and O–H groups in total. The molecule has 0 aromatic carbocycles. The molecule has 0 radical (unpaired) electrons. The van der Waals surface area contributed by atoms with E-state index < -0.39 is 17.5 Å². The van der Waals surface area contributed by atoms with E-state index >= 15 is 0 Å². The van der Waals surface area contributed by atoms with Gasteiger partial charge in [0.15, 0.2) is 0 Å². The van der Waals surface area contributed by atoms with Crippen molar-refractivity contribution < 1.29 is 34.4 Å². The summed E-state index contributed by atoms with van der Waals surface area (Å²) in [5.74, 6) is -1.14. The molecular weight excluding hydrogens is 292 g/mol. The van der Waals surface area contributed by atoms with Crippen molar-refractivity contribution in [2.45, 2.75) is 44.6 Å². The molecule has 2 fully saturated rings. The molecular formula is C15H24O7. The smallest absolute Gasteiger partial charge is 0.312 e. The first-order chi connectivity index (χ1) is 10.5. The van der Waals surface area contributed by atoms with Crippen LogP contribution in [0, 0.1) is 10.8 Å². The second-order valence-corrected chi connectivity index (χ2v) is 6.25. The van der Waals surface area contributed by atoms with Crippen molar-refractivity contribution in [3.8, 4) is 0 Å². The maximum atomic E-state index is 12.4. The van der Waals surface area contributed by atoms with Gasteiger partial charge in [0.25, 0.3) is 0 Å². The van der Waals surface area contributed by atoms with Gasteiger partial charge in [-0.05, 0) is 37.5 Å². The summed E-state index contributed by atoms with van der Waals surface area (Å²) >= 11 is 0. The van der Waals surface area contributed by atoms with E-state index in [1.54, 1.807) is 0 Å². The molecule has 0 aliphatic heterocycles. The summed E-state index contributed by atoms with van der Waals surface area (Å²) in [5.41, 5.74) is -0.734. The first-order valence-corrected chi connectivity index (χ1v) is 7.72. The summed E-state index contributed by atoms with van der Waals surface area (Å²) < 4.78 is 10.4. The molecule has 1 atom stereocenters. The van der Waals surface area contributed by atoms with Gasteiger partial charge >= 0.3 is 11.9 Å². The number of carboxylic acids is 1. The number of ether oxygens (including phenoxy) is 2. The summed E-state index contributed by atoms with van der Waals surface area (Å²) in [5, 5.41) is 26.7. The predicted octanol–water partition coefficient (Wildman–Crippen LogP) is 0.325. The Morgan fingerprint density at radius 2 is 1.82 bits per heavy atom. The zero-order chi connectivity index (χ0) is 16.2. The molecule has 22 heavy (non-hydrogen) atoms. The molecule has 0 aromatic heterocycles. The van der Waals surface area contributed by atoms with Crippen LogP contribution in [-0.4, -0.2) is 59.8 Å². The number of carbonyl (C=O) groups is 2. The van der Waals surface area contributed by atoms with E-state index in [-0.39, 0.29) is 44.2 Å². The summed E-state index contributed by atoms with van der Waals surface area (Å²) in [7, 11) is 0. The van der Waals surface area contributed by atoms with Crippen LogP contribution in [0.25, 0.3) is 0 Å². The van der Waals surface area contributed by atoms with Crippen molar-refractivity contribution in [2.75, 3.05) is 26.4 Å². The van der Waals surface area contributed by atoms with Crippen molar-refractivity contribution >= 4 is 11.9 Å². The Morgan fingerprint density at radius 1 is 1.14 bits per heavy atom. The van der Waals surface area contributed by atoms with Gasteiger partial charge in [-0.2, -0.15) is 0 Å². The highest BCUT2D eigenvalue weighted by Gasteiger charge is 2.69. The van der Waals surface area contributed by atoms with Gasteiger partial charge in [-0.15, -0.1) is 0 Å². The number of carboxylic acid groups (broad SMARTS) is 1. The van der Waals surface area contributed by atoms with Gasteiger partial charge in [0.2, 0.25) is 0 Å². The second kappa shape index (κ2) is 6.93. The lowest BCUT2D eigenvalue weighted by molar-refractivity contribution is -0.159. The monoisotopic (exact) mass is 316 g/mol. The van der Waals surface area contributed by atoms with Crippen LogP contribution in [0.1, 0.15) is 38.5 Å². The molecule has 2 aliphatic carbocycles. The van der Waals surface area contributed by atoms with Crippen LogP contribution >= 0.6 is 0 Å². The average molecular weight is 316 g/mol. The number of esters is 1. The molecule has 0 heterocycles. The molecule has 2 saturated carbocycles. The molecule has 1 unspecified atom stereocenters. The first kappa shape index (κ1) is 17.2. The highest BCUT2D eigenvalue weighted by Crippen LogP contribution is 2.72. The highest BCUT2D eigenvalue weighted by atomic mass is 16.6. The topological polar surface area (TPSA) is 113 Å². The van der Waals surface area contributed by atoms with Crippen LogP contribution in [0.15, 0.2) is 0 Å². The van der Waals surface area contributed by atoms with E-state index in [1.165, 1.54) is 0 Å². The lowest BCUT2D eigenvalue weighted by Crippen LogP contribution is -2.33. The predicted molar refractivity (Wildman–Crippen MR) is 75.1 cm³/mol. The number of aliphatic carboxylic acids is 1. The fraction of sp³-hybridized carbons (Fsp3) is 0.867. The lowest BCUT2D eigenvalue weighted by Gasteiger charge is -2.25. The SMILES string of the molecule is O=C(O)CCC1(C2(C(=O)OCC(CO)OCCO)CC2)CC1. The zero-order valence-corrected chi connectivity index (χ0v) is 12.6. The maximum absolute atomic E-state index is 12.4. The molecule has 0 aromatic rings. The minimum absolute atomic E-state index is 0.0495. The van der Waals surface area contributed by atoms with Crippen LogP contribution in [0.4, 0.5) is 0 Å². The maximum Gasteiger partial charge on any atom is 0.312 e. The third kappa shape index (κ3) is 3.59. The largest absolute Gasteiger partial charge is 0.481 e. The average Bonchev–Trinajstić information content (AvgIpc) is 3.38. The summed E-state index contributed by atoms with van der Waals surface area (Å²) in [6.45, 7) is -0.417. The third-order valence-corrected chi connectivity index (χ3v) is 4.88. The van der Waals surface area contributed by atoms with Crippen molar-refractivity contribution in [2.24, 2.45) is 10.8 Å². The normalized spacial score (nSPS) is 21.9. The second-order valence-electron chi connectivity index (χ2n) is 6.25. The van der Waals surface area contributed by atoms with Gasteiger partial charge in [-0.1, -0.05) is 0 Å². The summed E-state index contributed by atoms with van der Waals surface area (Å²) in [4.78, 5) is 23.2. The molecule has 0 amide bonds. The van der Waals surface area contributed by atoms with Crippen LogP contribution in [0.3, 0.4) is 0 Å². The van der Waals surface area contributed by atoms with E-state index in [2.05, 4.69) is 0 Å². The Kier molecular flexibility index (Phi) is 5.41. The standard InChI is InChI=1S/C15H24O7/c16-7-8-21-11(9-17)10-22-13(20)15(5-6-15)14(3-4-14)2-1-12(18)19/h11,16-17H,1-10H2,(H,18,19). The van der Waals surface area contributed by atoms with Crippen molar-refractivity contribution in [3.63, 3.8) is 0 Å². The number of hydrogen-bond donors (Lipinski definition) is 3. The van der Waals surface area contributed by atoms with Gasteiger partial charge in [0.05, 0.1) is 25.2 Å². The molecule has 7 heteroatoms. The van der Waals surface area contributed by atoms with Gasteiger partial charge in [-0.25, -0.2) is 0 Å². The Bertz CT molecular complexity index is 412. The Morgan fingerprint density at radius 3 is 2.27 bits per heavy atom. The molecule has 7 nitrogen and oxygen atoms in total. The van der Waals surface area contributed by atoms with Crippen LogP contribution in [0.5, 0.6) is 0 Å². The minimum Gasteiger partial charge on any atom is -0.481 e. The highest BCUT2D eigenvalue weighted by molar-refractivity contribution is 5.82. The quantitative estimate of drug-likeness (QED) is 0.471. The van der Waals surface area contributed by atoms with Gasteiger partial charge in [0.1, 0.15) is 12.7 Å². The fourth-order valence-corrected chi connectivity index (χ4v) is 3.22. The lowest BCUT2D eigenvalue weighted by atomic mass is 9.82. The molecule has 2 rings (SSSR count). The van der Waals surface area contributed by atoms with E-state index in [4.69, 9.17) is 24.8 Å². The van der Waals surface area contributed by atoms with Gasteiger partial charge < -0.3 is 24.8 Å². The third-order valence-electron chi connectivity index (χ3n) is 4.88. The Hall–Kier alpha value is -1.18. The number of carbonyl (C=O) groups excluding carboxylic acids is 1. The van der Waals surface area contributed by atoms with Gasteiger partial charge in [0, 0.05) is 6.42 Å². The van der Waals surface area contributed by atoms with Gasteiger partial charge in [-0.3, -0.25) is 9.59 Å². The van der Waals surface area contributed by atoms with E-state index in [0.717, 1.165) is 25.7 Å². The van der Waals surface area contributed by atoms with Crippen molar-refractivity contribution in [3.05, 3.63) is 0 Å². The summed E-state index contributed by atoms with van der Waals surface area (Å²) in [6.07, 6.45) is 3.19. The fourth-order valence-electron chi connectivity index (χ4n) is 3.22. The van der Waals surface area contributed by atoms with Crippen molar-refractivity contribution in [1.82, 2.24) is 0 Å². The zero-order valence-electron chi connectivity index (χ0n) is 12.6. The molecule has 2 aliphatic rings. The Labute approximate surface area is 129 Å². The summed E-state index contributed by atoms with van der Waals surface area (Å²) in [6, 6.07) is 0. The number of aliphatic hydroxyl groups excluding tert-OH is 2. The Balaban J connectivity index is 1.85. The number of hydrogen-bond acceptors (Lipinski definition) is 6. The van der Waals surface area contributed by atoms with E-state index in [1.807, 2.05) is 0 Å². The number of aliphatic hydroxyl groups is 2. The molecule has 0 bridgehead atoms. The van der Waals surface area contributed by atoms with Crippen LogP contribution < -0.4 is 0 Å². The molecule has 0 saturated heterocycles. The minimum atomic E-state index is -0.840. The van der Waals surface area contributed by atoms with Crippen LogP contribution in [0.2, 0.25) is 0 Å². The van der Waals surface area contributed by atoms with E-state index in [0.29, 0.717) is 6.42 Å². The van der Waals surface area contributed by atoms with Crippen LogP contribution in [-0.2, 0) is 19.1 Å². The first-order valence-electron chi connectivity index (χ1n) is 7.72. The van der Waals surface area contributed by atoms with Crippen molar-refractivity contribution in [1.29, 1.82) is 0 Å². The molecule has 126 valence electrons. The molecule has 0 spiro atoms.